The molecule has 0 aliphatic carbocycles. The number of halogens is 3. The number of likely N-dealkylation sites (tertiary alicyclic amines) is 1. The maximum absolute atomic E-state index is 13.5. The molecule has 1 fully saturated rings. The summed E-state index contributed by atoms with van der Waals surface area (Å²) in [5, 5.41) is 2.39. The van der Waals surface area contributed by atoms with E-state index in [2.05, 4.69) is 15.3 Å². The van der Waals surface area contributed by atoms with Gasteiger partial charge in [-0.2, -0.15) is 13.2 Å². The Labute approximate surface area is 224 Å². The first kappa shape index (κ1) is 29.4. The van der Waals surface area contributed by atoms with Crippen LogP contribution in [0, 0.1) is 5.92 Å². The van der Waals surface area contributed by atoms with Gasteiger partial charge in [0.25, 0.3) is 5.91 Å². The fraction of sp³-hybridized carbons (Fsp3) is 0.357. The first-order chi connectivity index (χ1) is 18.7. The Bertz CT molecular complexity index is 1260. The number of anilines is 1. The standard InChI is InChI=1S/C26H25F3N4O4.C2H6/c1-2-36-25(35)33-14-13-17(16-33)7-6-10-19-11-12-20(15-30-19)31-23(34)21-22(26(27,28)29)37-24(32-21)18-8-4-3-5-9-18;1-2/h3-6,8-12,15,17H,2,7,13-14,16H2,1H3,(H,31,34);1-2H3/b10-6+;/t17-;/m0./s1. The van der Waals surface area contributed by atoms with Crippen LogP contribution in [0.4, 0.5) is 23.7 Å². The Morgan fingerprint density at radius 1 is 1.18 bits per heavy atom. The molecule has 4 rings (SSSR count). The topological polar surface area (TPSA) is 97.6 Å². The number of carbonyl (C=O) groups excluding carboxylic acids is 2. The van der Waals surface area contributed by atoms with Gasteiger partial charge in [-0.05, 0) is 56.0 Å². The lowest BCUT2D eigenvalue weighted by Gasteiger charge is -2.15. The minimum atomic E-state index is -4.90. The van der Waals surface area contributed by atoms with Crippen molar-refractivity contribution in [3.63, 3.8) is 0 Å². The Morgan fingerprint density at radius 2 is 1.92 bits per heavy atom. The Hall–Kier alpha value is -4.15. The quantitative estimate of drug-likeness (QED) is 0.347. The van der Waals surface area contributed by atoms with Gasteiger partial charge in [0.15, 0.2) is 5.69 Å². The van der Waals surface area contributed by atoms with Crippen LogP contribution in [0.5, 0.6) is 0 Å². The molecular weight excluding hydrogens is 513 g/mol. The fourth-order valence-corrected chi connectivity index (χ4v) is 3.93. The smallest absolute Gasteiger partial charge is 0.450 e. The lowest BCUT2D eigenvalue weighted by molar-refractivity contribution is -0.153. The number of carbonyl (C=O) groups is 2. The largest absolute Gasteiger partial charge is 0.452 e. The van der Waals surface area contributed by atoms with Crippen LogP contribution in [-0.2, 0) is 10.9 Å². The zero-order valence-corrected chi connectivity index (χ0v) is 22.0. The van der Waals surface area contributed by atoms with Crippen molar-refractivity contribution in [2.45, 2.75) is 39.8 Å². The normalized spacial score (nSPS) is 15.1. The van der Waals surface area contributed by atoms with Gasteiger partial charge in [-0.25, -0.2) is 9.78 Å². The molecule has 3 aromatic rings. The van der Waals surface area contributed by atoms with E-state index in [4.69, 9.17) is 9.15 Å². The molecule has 0 unspecified atom stereocenters. The van der Waals surface area contributed by atoms with Crippen LogP contribution in [0.15, 0.2) is 59.2 Å². The minimum Gasteiger partial charge on any atom is -0.450 e. The van der Waals surface area contributed by atoms with Crippen molar-refractivity contribution >= 4 is 23.8 Å². The number of pyridine rings is 1. The molecule has 1 atom stereocenters. The second-order valence-electron chi connectivity index (χ2n) is 8.42. The van der Waals surface area contributed by atoms with Crippen LogP contribution >= 0.6 is 0 Å². The molecule has 8 nitrogen and oxygen atoms in total. The van der Waals surface area contributed by atoms with Crippen LogP contribution in [0.25, 0.3) is 17.5 Å². The zero-order valence-electron chi connectivity index (χ0n) is 22.0. The van der Waals surface area contributed by atoms with Crippen LogP contribution in [0.3, 0.4) is 0 Å². The molecule has 3 heterocycles. The summed E-state index contributed by atoms with van der Waals surface area (Å²) in [6, 6.07) is 11.2. The average Bonchev–Trinajstić information content (AvgIpc) is 3.60. The van der Waals surface area contributed by atoms with Crippen molar-refractivity contribution in [1.29, 1.82) is 0 Å². The number of nitrogens with zero attached hydrogens (tertiary/aromatic N) is 3. The molecule has 1 saturated heterocycles. The highest BCUT2D eigenvalue weighted by atomic mass is 19.4. The van der Waals surface area contributed by atoms with E-state index >= 15 is 0 Å². The molecule has 1 aliphatic rings. The predicted octanol–water partition coefficient (Wildman–Crippen LogP) is 6.92. The maximum atomic E-state index is 13.5. The van der Waals surface area contributed by atoms with Gasteiger partial charge in [0, 0.05) is 18.7 Å². The molecule has 39 heavy (non-hydrogen) atoms. The van der Waals surface area contributed by atoms with Crippen LogP contribution in [0.1, 0.15) is 55.6 Å². The lowest BCUT2D eigenvalue weighted by Crippen LogP contribution is -2.29. The van der Waals surface area contributed by atoms with Crippen molar-refractivity contribution in [2.75, 3.05) is 25.0 Å². The predicted molar refractivity (Wildman–Crippen MR) is 141 cm³/mol. The van der Waals surface area contributed by atoms with Crippen LogP contribution in [-0.4, -0.2) is 46.6 Å². The third-order valence-corrected chi connectivity index (χ3v) is 5.73. The van der Waals surface area contributed by atoms with Crippen molar-refractivity contribution < 1.29 is 31.9 Å². The molecule has 1 aliphatic heterocycles. The van der Waals surface area contributed by atoms with Gasteiger partial charge in [-0.15, -0.1) is 0 Å². The van der Waals surface area contributed by atoms with Gasteiger partial charge in [0.1, 0.15) is 0 Å². The molecule has 0 radical (unpaired) electrons. The van der Waals surface area contributed by atoms with Gasteiger partial charge in [0.05, 0.1) is 24.2 Å². The number of rotatable bonds is 7. The molecule has 208 valence electrons. The van der Waals surface area contributed by atoms with Crippen molar-refractivity contribution in [3.8, 4) is 11.5 Å². The highest BCUT2D eigenvalue weighted by Crippen LogP contribution is 2.35. The number of alkyl halides is 3. The number of hydrogen-bond acceptors (Lipinski definition) is 6. The van der Waals surface area contributed by atoms with Gasteiger partial charge >= 0.3 is 12.3 Å². The summed E-state index contributed by atoms with van der Waals surface area (Å²) in [4.78, 5) is 34.2. The van der Waals surface area contributed by atoms with E-state index in [-0.39, 0.29) is 17.7 Å². The number of ether oxygens (including phenoxy) is 1. The summed E-state index contributed by atoms with van der Waals surface area (Å²) < 4.78 is 50.4. The van der Waals surface area contributed by atoms with Gasteiger partial charge in [-0.3, -0.25) is 9.78 Å². The van der Waals surface area contributed by atoms with E-state index in [9.17, 15) is 22.8 Å². The number of aromatic nitrogens is 2. The lowest BCUT2D eigenvalue weighted by atomic mass is 10.0. The molecule has 1 N–H and O–H groups in total. The summed E-state index contributed by atoms with van der Waals surface area (Å²) in [5.41, 5.74) is 0.280. The van der Waals surface area contributed by atoms with E-state index in [1.807, 2.05) is 26.0 Å². The molecule has 2 amide bonds. The number of oxazole rings is 1. The SMILES string of the molecule is CC.CCOC(=O)N1CC[C@H](C/C=C/c2ccc(NC(=O)c3nc(-c4ccccc4)oc3C(F)(F)F)cn2)C1. The zero-order chi connectivity index (χ0) is 28.4. The van der Waals surface area contributed by atoms with Crippen molar-refractivity contribution in [2.24, 2.45) is 5.92 Å². The number of benzene rings is 1. The number of nitrogens with one attached hydrogen (secondary N) is 1. The van der Waals surface area contributed by atoms with E-state index in [0.717, 1.165) is 12.8 Å². The fourth-order valence-electron chi connectivity index (χ4n) is 3.93. The molecule has 1 aromatic carbocycles. The number of hydrogen-bond donors (Lipinski definition) is 1. The number of allylic oxidation sites excluding steroid dienone is 1. The van der Waals surface area contributed by atoms with Gasteiger partial charge in [0.2, 0.25) is 11.7 Å². The van der Waals surface area contributed by atoms with E-state index < -0.39 is 23.5 Å². The summed E-state index contributed by atoms with van der Waals surface area (Å²) in [6.07, 6.45) is 1.56. The van der Waals surface area contributed by atoms with Gasteiger partial charge < -0.3 is 19.4 Å². The van der Waals surface area contributed by atoms with E-state index in [1.165, 1.54) is 24.4 Å². The molecule has 11 heteroatoms. The molecule has 0 saturated carbocycles. The number of amides is 2. The van der Waals surface area contributed by atoms with Crippen molar-refractivity contribution in [3.05, 3.63) is 71.9 Å². The maximum Gasteiger partial charge on any atom is 0.452 e. The molecule has 0 bridgehead atoms. The Kier molecular flexibility index (Phi) is 10.2. The van der Waals surface area contributed by atoms with Crippen LogP contribution in [0.2, 0.25) is 0 Å². The first-order valence-corrected chi connectivity index (χ1v) is 12.7. The molecule has 2 aromatic heterocycles. The highest BCUT2D eigenvalue weighted by Gasteiger charge is 2.42. The second kappa shape index (κ2) is 13.6. The molecular formula is C28H31F3N4O4. The monoisotopic (exact) mass is 544 g/mol. The highest BCUT2D eigenvalue weighted by molar-refractivity contribution is 6.03. The Morgan fingerprint density at radius 3 is 2.56 bits per heavy atom. The van der Waals surface area contributed by atoms with E-state index in [1.54, 1.807) is 36.1 Å². The average molecular weight is 545 g/mol. The summed E-state index contributed by atoms with van der Waals surface area (Å²) >= 11 is 0. The second-order valence-corrected chi connectivity index (χ2v) is 8.42. The molecule has 0 spiro atoms. The Balaban J connectivity index is 0.00000205. The van der Waals surface area contributed by atoms with Crippen LogP contribution < -0.4 is 5.32 Å². The summed E-state index contributed by atoms with van der Waals surface area (Å²) in [7, 11) is 0. The summed E-state index contributed by atoms with van der Waals surface area (Å²) in [6.45, 7) is 7.42. The third kappa shape index (κ3) is 7.92. The summed E-state index contributed by atoms with van der Waals surface area (Å²) in [5.74, 6) is -2.50. The van der Waals surface area contributed by atoms with Crippen molar-refractivity contribution in [1.82, 2.24) is 14.9 Å². The van der Waals surface area contributed by atoms with Gasteiger partial charge in [-0.1, -0.05) is 38.1 Å². The first-order valence-electron chi connectivity index (χ1n) is 12.7. The van der Waals surface area contributed by atoms with E-state index in [0.29, 0.717) is 36.9 Å². The third-order valence-electron chi connectivity index (χ3n) is 5.73. The minimum absolute atomic E-state index is 0.209.